The summed E-state index contributed by atoms with van der Waals surface area (Å²) in [5.74, 6) is -0.964. The van der Waals surface area contributed by atoms with E-state index in [2.05, 4.69) is 15.0 Å². The molecule has 0 fully saturated rings. The minimum atomic E-state index is -0.685. The van der Waals surface area contributed by atoms with E-state index in [-0.39, 0.29) is 23.3 Å². The molecule has 0 atom stereocenters. The molecule has 0 aliphatic carbocycles. The number of halogens is 2. The average Bonchev–Trinajstić information content (AvgIpc) is 2.95. The van der Waals surface area contributed by atoms with Crippen LogP contribution in [0.3, 0.4) is 0 Å². The predicted molar refractivity (Wildman–Crippen MR) is 160 cm³/mol. The summed E-state index contributed by atoms with van der Waals surface area (Å²) in [5, 5.41) is 0. The number of rotatable bonds is 10. The van der Waals surface area contributed by atoms with E-state index in [4.69, 9.17) is 9.47 Å². The number of carbonyl (C=O) groups excluding carboxylic acids is 1. The first kappa shape index (κ1) is 29.5. The predicted octanol–water partition coefficient (Wildman–Crippen LogP) is 6.04. The quantitative estimate of drug-likeness (QED) is 0.200. The largest absolute Gasteiger partial charge is 0.476 e. The zero-order valence-corrected chi connectivity index (χ0v) is 24.2. The molecule has 0 bridgehead atoms. The zero-order chi connectivity index (χ0) is 30.7. The molecule has 8 nitrogen and oxygen atoms in total. The lowest BCUT2D eigenvalue weighted by atomic mass is 9.95. The number of Topliss-reactive ketones (excluding diaryl/α,β-unsaturated/α-hetero) is 1. The summed E-state index contributed by atoms with van der Waals surface area (Å²) in [4.78, 5) is 40.6. The van der Waals surface area contributed by atoms with Crippen LogP contribution in [0, 0.1) is 25.5 Å². The first-order valence-corrected chi connectivity index (χ1v) is 13.6. The Balaban J connectivity index is 1.37. The molecule has 3 heterocycles. The van der Waals surface area contributed by atoms with E-state index in [1.807, 2.05) is 19.0 Å². The molecule has 0 spiro atoms. The van der Waals surface area contributed by atoms with Crippen molar-refractivity contribution in [2.45, 2.75) is 20.3 Å². The second-order valence-electron chi connectivity index (χ2n) is 10.4. The molecule has 5 rings (SSSR count). The first-order valence-electron chi connectivity index (χ1n) is 13.6. The summed E-state index contributed by atoms with van der Waals surface area (Å²) < 4.78 is 40.3. The minimum Gasteiger partial charge on any atom is -0.476 e. The second-order valence-corrected chi connectivity index (χ2v) is 10.4. The van der Waals surface area contributed by atoms with E-state index < -0.39 is 22.8 Å². The molecule has 0 unspecified atom stereocenters. The highest BCUT2D eigenvalue weighted by atomic mass is 19.1. The van der Waals surface area contributed by atoms with Crippen LogP contribution in [0.25, 0.3) is 22.2 Å². The van der Waals surface area contributed by atoms with Crippen LogP contribution in [0.5, 0.6) is 17.4 Å². The summed E-state index contributed by atoms with van der Waals surface area (Å²) in [6, 6.07) is 14.7. The van der Waals surface area contributed by atoms with E-state index >= 15 is 4.39 Å². The highest BCUT2D eigenvalue weighted by Gasteiger charge is 2.21. The number of ketones is 1. The summed E-state index contributed by atoms with van der Waals surface area (Å²) in [6.45, 7) is 4.51. The van der Waals surface area contributed by atoms with Crippen molar-refractivity contribution in [3.05, 3.63) is 111 Å². The number of aromatic nitrogens is 3. The van der Waals surface area contributed by atoms with Crippen LogP contribution in [0.15, 0.2) is 71.7 Å². The molecule has 0 amide bonds. The molecule has 1 N–H and O–H groups in total. The van der Waals surface area contributed by atoms with Crippen LogP contribution in [-0.2, 0) is 6.42 Å². The monoisotopic (exact) mass is 584 g/mol. The van der Waals surface area contributed by atoms with Crippen LogP contribution in [-0.4, -0.2) is 52.9 Å². The Kier molecular flexibility index (Phi) is 8.58. The van der Waals surface area contributed by atoms with Gasteiger partial charge in [-0.15, -0.1) is 0 Å². The number of benzene rings is 2. The van der Waals surface area contributed by atoms with Gasteiger partial charge in [0.15, 0.2) is 23.1 Å². The number of hydrogen-bond acceptors (Lipinski definition) is 7. The molecule has 0 radical (unpaired) electrons. The highest BCUT2D eigenvalue weighted by molar-refractivity contribution is 5.99. The number of hydrogen-bond donors (Lipinski definition) is 1. The second kappa shape index (κ2) is 12.5. The Morgan fingerprint density at radius 2 is 1.72 bits per heavy atom. The third kappa shape index (κ3) is 6.60. The van der Waals surface area contributed by atoms with Crippen molar-refractivity contribution in [3.63, 3.8) is 0 Å². The fraction of sp³-hybridized carbons (Fsp3) is 0.212. The molecule has 5 aromatic rings. The maximum Gasteiger partial charge on any atom is 0.214 e. The number of H-pyrrole nitrogens is 1. The lowest BCUT2D eigenvalue weighted by Crippen LogP contribution is -2.22. The Morgan fingerprint density at radius 3 is 2.44 bits per heavy atom. The van der Waals surface area contributed by atoms with Crippen molar-refractivity contribution in [2.75, 3.05) is 27.2 Å². The summed E-state index contributed by atoms with van der Waals surface area (Å²) in [5.41, 5.74) is 2.58. The van der Waals surface area contributed by atoms with Crippen LogP contribution in [0.1, 0.15) is 27.3 Å². The van der Waals surface area contributed by atoms with Gasteiger partial charge in [0.2, 0.25) is 11.3 Å². The summed E-state index contributed by atoms with van der Waals surface area (Å²) >= 11 is 0. The maximum absolute atomic E-state index is 15.2. The van der Waals surface area contributed by atoms with Gasteiger partial charge in [-0.3, -0.25) is 14.6 Å². The molecule has 43 heavy (non-hydrogen) atoms. The lowest BCUT2D eigenvalue weighted by Gasteiger charge is -2.13. The van der Waals surface area contributed by atoms with Crippen molar-refractivity contribution in [1.82, 2.24) is 19.9 Å². The van der Waals surface area contributed by atoms with E-state index in [9.17, 15) is 14.0 Å². The molecule has 2 aromatic carbocycles. The first-order chi connectivity index (χ1) is 20.6. The molecular formula is C33H30F2N4O4. The smallest absolute Gasteiger partial charge is 0.214 e. The summed E-state index contributed by atoms with van der Waals surface area (Å²) in [7, 11) is 3.88. The van der Waals surface area contributed by atoms with E-state index in [1.54, 1.807) is 44.3 Å². The van der Waals surface area contributed by atoms with E-state index in [0.717, 1.165) is 0 Å². The van der Waals surface area contributed by atoms with Crippen LogP contribution < -0.4 is 14.9 Å². The number of aromatic amines is 1. The maximum atomic E-state index is 15.2. The number of pyridine rings is 3. The number of fused-ring (bicyclic) bond motifs is 1. The van der Waals surface area contributed by atoms with Gasteiger partial charge in [0, 0.05) is 48.2 Å². The lowest BCUT2D eigenvalue weighted by molar-refractivity contribution is 0.0991. The molecule has 220 valence electrons. The summed E-state index contributed by atoms with van der Waals surface area (Å²) in [6.07, 6.45) is 1.33. The number of aryl methyl sites for hydroxylation is 2. The molecule has 0 saturated carbocycles. The Hall–Kier alpha value is -4.96. The normalized spacial score (nSPS) is 11.2. The Morgan fingerprint density at radius 1 is 0.953 bits per heavy atom. The molecule has 3 aromatic heterocycles. The number of carbonyl (C=O) groups is 1. The third-order valence-corrected chi connectivity index (χ3v) is 6.88. The fourth-order valence-electron chi connectivity index (χ4n) is 4.78. The minimum absolute atomic E-state index is 0.0244. The van der Waals surface area contributed by atoms with E-state index in [1.165, 1.54) is 36.4 Å². The van der Waals surface area contributed by atoms with Crippen molar-refractivity contribution < 1.29 is 23.0 Å². The van der Waals surface area contributed by atoms with Crippen molar-refractivity contribution in [2.24, 2.45) is 0 Å². The third-order valence-electron chi connectivity index (χ3n) is 6.88. The van der Waals surface area contributed by atoms with Crippen LogP contribution in [0.2, 0.25) is 0 Å². The van der Waals surface area contributed by atoms with Crippen LogP contribution >= 0.6 is 0 Å². The highest BCUT2D eigenvalue weighted by Crippen LogP contribution is 2.31. The van der Waals surface area contributed by atoms with Gasteiger partial charge >= 0.3 is 0 Å². The van der Waals surface area contributed by atoms with E-state index in [0.29, 0.717) is 58.3 Å². The molecule has 0 saturated heterocycles. The standard InChI is InChI=1S/C33H30F2N4O4/c1-19-30(22-6-8-23(34)9-7-22)33(41)31(20(2)37-19)26(40)18-21-5-11-27(24(35)17-21)43-28-13-14-36-25-10-12-29(38-32(25)28)42-16-15-39(3)4/h5-14,17H,15-16,18H2,1-4H3,(H,37,41). The van der Waals surface area contributed by atoms with Crippen LogP contribution in [0.4, 0.5) is 8.78 Å². The Labute approximate surface area is 247 Å². The van der Waals surface area contributed by atoms with Gasteiger partial charge in [-0.2, -0.15) is 0 Å². The fourth-order valence-corrected chi connectivity index (χ4v) is 4.78. The van der Waals surface area contributed by atoms with Gasteiger partial charge in [-0.05, 0) is 69.4 Å². The number of likely N-dealkylation sites (N-methyl/N-ethyl adjacent to an activating group) is 1. The molecule has 10 heteroatoms. The number of ether oxygens (including phenoxy) is 2. The van der Waals surface area contributed by atoms with Gasteiger partial charge in [0.25, 0.3) is 0 Å². The SMILES string of the molecule is Cc1[nH]c(C)c(-c2ccc(F)cc2)c(=O)c1C(=O)Cc1ccc(Oc2ccnc3ccc(OCCN(C)C)nc23)c(F)c1. The van der Waals surface area contributed by atoms with Gasteiger partial charge in [0.1, 0.15) is 17.9 Å². The van der Waals surface area contributed by atoms with Crippen molar-refractivity contribution in [1.29, 1.82) is 0 Å². The van der Waals surface area contributed by atoms with Gasteiger partial charge in [-0.1, -0.05) is 18.2 Å². The molecule has 0 aliphatic heterocycles. The Bertz CT molecular complexity index is 1870. The topological polar surface area (TPSA) is 97.4 Å². The molecular weight excluding hydrogens is 554 g/mol. The van der Waals surface area contributed by atoms with Crippen molar-refractivity contribution in [3.8, 4) is 28.5 Å². The van der Waals surface area contributed by atoms with Gasteiger partial charge < -0.3 is 19.4 Å². The van der Waals surface area contributed by atoms with Gasteiger partial charge in [0.05, 0.1) is 11.1 Å². The number of nitrogens with zero attached hydrogens (tertiary/aromatic N) is 3. The van der Waals surface area contributed by atoms with Gasteiger partial charge in [-0.25, -0.2) is 13.8 Å². The van der Waals surface area contributed by atoms with Crippen molar-refractivity contribution >= 4 is 16.8 Å². The zero-order valence-electron chi connectivity index (χ0n) is 24.2. The average molecular weight is 585 g/mol. The molecule has 0 aliphatic rings. The number of nitrogens with one attached hydrogen (secondary N) is 1.